The van der Waals surface area contributed by atoms with Crippen LogP contribution in [0.3, 0.4) is 0 Å². The molecule has 1 saturated heterocycles. The Morgan fingerprint density at radius 3 is 2.62 bits per heavy atom. The molecular formula is C18H26N4O2. The second-order valence-corrected chi connectivity index (χ2v) is 6.10. The average molecular weight is 330 g/mol. The van der Waals surface area contributed by atoms with Gasteiger partial charge in [0.2, 0.25) is 0 Å². The van der Waals surface area contributed by atoms with E-state index in [-0.39, 0.29) is 0 Å². The van der Waals surface area contributed by atoms with Gasteiger partial charge in [-0.2, -0.15) is 0 Å². The first kappa shape index (κ1) is 17.0. The number of nitrogens with one attached hydrogen (secondary N) is 1. The Morgan fingerprint density at radius 2 is 2.00 bits per heavy atom. The van der Waals surface area contributed by atoms with Gasteiger partial charge in [0, 0.05) is 45.5 Å². The molecule has 0 amide bonds. The molecule has 6 heteroatoms. The Balaban J connectivity index is 1.66. The standard InChI is InChI=1S/C18H26N4O2/c1-21-13-16(20-14-21)11-19-12-18(22-7-9-24-10-8-22)15-3-5-17(23-2)6-4-15/h3-6,13-14,18-19H,7-12H2,1-2H3/t18-/m0/s1. The van der Waals surface area contributed by atoms with E-state index < -0.39 is 0 Å². The average Bonchev–Trinajstić information content (AvgIpc) is 3.05. The number of morpholine rings is 1. The Hall–Kier alpha value is -1.89. The van der Waals surface area contributed by atoms with Crippen LogP contribution in [0, 0.1) is 0 Å². The van der Waals surface area contributed by atoms with Gasteiger partial charge in [-0.05, 0) is 17.7 Å². The predicted molar refractivity (Wildman–Crippen MR) is 93.0 cm³/mol. The summed E-state index contributed by atoms with van der Waals surface area (Å²) in [7, 11) is 3.69. The van der Waals surface area contributed by atoms with E-state index in [1.165, 1.54) is 5.56 Å². The number of ether oxygens (including phenoxy) is 2. The van der Waals surface area contributed by atoms with Crippen LogP contribution in [0.1, 0.15) is 17.3 Å². The first-order chi connectivity index (χ1) is 11.8. The van der Waals surface area contributed by atoms with Gasteiger partial charge in [0.25, 0.3) is 0 Å². The SMILES string of the molecule is COc1ccc([C@H](CNCc2cn(C)cn2)N2CCOCC2)cc1. The van der Waals surface area contributed by atoms with Crippen LogP contribution < -0.4 is 10.1 Å². The smallest absolute Gasteiger partial charge is 0.118 e. The van der Waals surface area contributed by atoms with Crippen molar-refractivity contribution in [2.45, 2.75) is 12.6 Å². The number of hydrogen-bond acceptors (Lipinski definition) is 5. The molecule has 24 heavy (non-hydrogen) atoms. The van der Waals surface area contributed by atoms with Gasteiger partial charge >= 0.3 is 0 Å². The second kappa shape index (κ2) is 8.28. The molecule has 0 aliphatic carbocycles. The topological polar surface area (TPSA) is 51.5 Å². The fourth-order valence-corrected chi connectivity index (χ4v) is 3.07. The number of benzene rings is 1. The Bertz CT molecular complexity index is 620. The summed E-state index contributed by atoms with van der Waals surface area (Å²) in [6, 6.07) is 8.69. The van der Waals surface area contributed by atoms with Crippen LogP contribution in [0.25, 0.3) is 0 Å². The van der Waals surface area contributed by atoms with E-state index >= 15 is 0 Å². The summed E-state index contributed by atoms with van der Waals surface area (Å²) >= 11 is 0. The largest absolute Gasteiger partial charge is 0.497 e. The number of rotatable bonds is 7. The van der Waals surface area contributed by atoms with E-state index in [1.807, 2.05) is 36.3 Å². The molecule has 6 nitrogen and oxygen atoms in total. The maximum Gasteiger partial charge on any atom is 0.118 e. The number of imidazole rings is 1. The van der Waals surface area contributed by atoms with Crippen LogP contribution in [-0.4, -0.2) is 54.4 Å². The van der Waals surface area contributed by atoms with Gasteiger partial charge in [-0.15, -0.1) is 0 Å². The summed E-state index contributed by atoms with van der Waals surface area (Å²) in [4.78, 5) is 6.85. The van der Waals surface area contributed by atoms with E-state index in [0.717, 1.165) is 50.8 Å². The van der Waals surface area contributed by atoms with Gasteiger partial charge in [-0.1, -0.05) is 12.1 Å². The van der Waals surface area contributed by atoms with Crippen LogP contribution in [0.15, 0.2) is 36.8 Å². The van der Waals surface area contributed by atoms with E-state index in [0.29, 0.717) is 6.04 Å². The van der Waals surface area contributed by atoms with Crippen molar-refractivity contribution in [3.05, 3.63) is 48.0 Å². The van der Waals surface area contributed by atoms with Gasteiger partial charge in [0.15, 0.2) is 0 Å². The number of hydrogen-bond donors (Lipinski definition) is 1. The molecule has 2 aromatic rings. The van der Waals surface area contributed by atoms with Crippen molar-refractivity contribution in [3.8, 4) is 5.75 Å². The number of methoxy groups -OCH3 is 1. The van der Waals surface area contributed by atoms with E-state index in [1.54, 1.807) is 7.11 Å². The predicted octanol–water partition coefficient (Wildman–Crippen LogP) is 1.59. The monoisotopic (exact) mass is 330 g/mol. The minimum Gasteiger partial charge on any atom is -0.497 e. The molecule has 1 N–H and O–H groups in total. The minimum atomic E-state index is 0.323. The van der Waals surface area contributed by atoms with E-state index in [2.05, 4.69) is 27.3 Å². The first-order valence-corrected chi connectivity index (χ1v) is 8.39. The van der Waals surface area contributed by atoms with Crippen molar-refractivity contribution in [3.63, 3.8) is 0 Å². The lowest BCUT2D eigenvalue weighted by molar-refractivity contribution is 0.0161. The molecule has 0 saturated carbocycles. The maximum atomic E-state index is 5.50. The molecule has 0 unspecified atom stereocenters. The highest BCUT2D eigenvalue weighted by Crippen LogP contribution is 2.23. The molecule has 1 aliphatic rings. The van der Waals surface area contributed by atoms with Crippen molar-refractivity contribution in [1.29, 1.82) is 0 Å². The van der Waals surface area contributed by atoms with Crippen LogP contribution in [0.2, 0.25) is 0 Å². The fourth-order valence-electron chi connectivity index (χ4n) is 3.07. The zero-order chi connectivity index (χ0) is 16.8. The third-order valence-electron chi connectivity index (χ3n) is 4.39. The molecule has 1 fully saturated rings. The highest BCUT2D eigenvalue weighted by Gasteiger charge is 2.22. The van der Waals surface area contributed by atoms with Crippen molar-refractivity contribution in [1.82, 2.24) is 19.8 Å². The number of aryl methyl sites for hydroxylation is 1. The minimum absolute atomic E-state index is 0.323. The van der Waals surface area contributed by atoms with Crippen LogP contribution in [0.5, 0.6) is 5.75 Å². The molecule has 1 aromatic heterocycles. The quantitative estimate of drug-likeness (QED) is 0.835. The molecule has 130 valence electrons. The van der Waals surface area contributed by atoms with Gasteiger partial charge in [-0.25, -0.2) is 4.98 Å². The van der Waals surface area contributed by atoms with Crippen LogP contribution in [-0.2, 0) is 18.3 Å². The maximum absolute atomic E-state index is 5.50. The van der Waals surface area contributed by atoms with Crippen molar-refractivity contribution in [2.75, 3.05) is 40.0 Å². The zero-order valence-corrected chi connectivity index (χ0v) is 14.4. The van der Waals surface area contributed by atoms with Gasteiger partial charge in [-0.3, -0.25) is 4.90 Å². The van der Waals surface area contributed by atoms with E-state index in [4.69, 9.17) is 9.47 Å². The summed E-state index contributed by atoms with van der Waals surface area (Å²) in [5, 5.41) is 3.55. The normalized spacial score (nSPS) is 16.9. The van der Waals surface area contributed by atoms with Crippen LogP contribution >= 0.6 is 0 Å². The molecule has 1 atom stereocenters. The molecule has 0 spiro atoms. The molecule has 0 radical (unpaired) electrons. The van der Waals surface area contributed by atoms with Crippen molar-refractivity contribution >= 4 is 0 Å². The molecule has 1 aromatic carbocycles. The van der Waals surface area contributed by atoms with E-state index in [9.17, 15) is 0 Å². The zero-order valence-electron chi connectivity index (χ0n) is 14.4. The van der Waals surface area contributed by atoms with Crippen molar-refractivity contribution in [2.24, 2.45) is 7.05 Å². The van der Waals surface area contributed by atoms with Gasteiger partial charge < -0.3 is 19.4 Å². The first-order valence-electron chi connectivity index (χ1n) is 8.39. The molecular weight excluding hydrogens is 304 g/mol. The van der Waals surface area contributed by atoms with Gasteiger partial charge in [0.1, 0.15) is 5.75 Å². The lowest BCUT2D eigenvalue weighted by Crippen LogP contribution is -2.42. The molecule has 0 bridgehead atoms. The number of aromatic nitrogens is 2. The second-order valence-electron chi connectivity index (χ2n) is 6.10. The molecule has 2 heterocycles. The fraction of sp³-hybridized carbons (Fsp3) is 0.500. The lowest BCUT2D eigenvalue weighted by atomic mass is 10.0. The summed E-state index contributed by atoms with van der Waals surface area (Å²) in [6.45, 7) is 5.17. The summed E-state index contributed by atoms with van der Waals surface area (Å²) in [5.41, 5.74) is 2.36. The molecule has 1 aliphatic heterocycles. The highest BCUT2D eigenvalue weighted by molar-refractivity contribution is 5.29. The Morgan fingerprint density at radius 1 is 1.25 bits per heavy atom. The Labute approximate surface area is 143 Å². The summed E-state index contributed by atoms with van der Waals surface area (Å²) in [6.07, 6.45) is 3.88. The highest BCUT2D eigenvalue weighted by atomic mass is 16.5. The third-order valence-corrected chi connectivity index (χ3v) is 4.39. The number of nitrogens with zero attached hydrogens (tertiary/aromatic N) is 3. The van der Waals surface area contributed by atoms with Crippen molar-refractivity contribution < 1.29 is 9.47 Å². The summed E-state index contributed by atoms with van der Waals surface area (Å²) in [5.74, 6) is 0.890. The Kier molecular flexibility index (Phi) is 5.85. The molecule has 3 rings (SSSR count). The summed E-state index contributed by atoms with van der Waals surface area (Å²) < 4.78 is 12.8. The third kappa shape index (κ3) is 4.35. The lowest BCUT2D eigenvalue weighted by Gasteiger charge is -2.35. The van der Waals surface area contributed by atoms with Crippen LogP contribution in [0.4, 0.5) is 0 Å². The van der Waals surface area contributed by atoms with Gasteiger partial charge in [0.05, 0.1) is 32.3 Å².